The quantitative estimate of drug-likeness (QED) is 0.867. The van der Waals surface area contributed by atoms with E-state index in [4.69, 9.17) is 11.6 Å². The highest BCUT2D eigenvalue weighted by Crippen LogP contribution is 2.34. The SMILES string of the molecule is O=c1[nH]c(Cl)c(C2CCCC2)c(=O)n1CC1CCC1. The summed E-state index contributed by atoms with van der Waals surface area (Å²) < 4.78 is 1.36. The first-order chi connectivity index (χ1) is 9.16. The molecule has 2 aliphatic carbocycles. The number of H-pyrrole nitrogens is 1. The molecule has 1 N–H and O–H groups in total. The third-order valence-corrected chi connectivity index (χ3v) is 4.90. The second-order valence-corrected chi connectivity index (χ2v) is 6.23. The largest absolute Gasteiger partial charge is 0.329 e. The maximum Gasteiger partial charge on any atom is 0.329 e. The van der Waals surface area contributed by atoms with Crippen LogP contribution >= 0.6 is 11.6 Å². The van der Waals surface area contributed by atoms with E-state index in [2.05, 4.69) is 4.98 Å². The minimum absolute atomic E-state index is 0.160. The zero-order valence-electron chi connectivity index (χ0n) is 11.0. The van der Waals surface area contributed by atoms with Crippen LogP contribution in [0.3, 0.4) is 0 Å². The van der Waals surface area contributed by atoms with Gasteiger partial charge in [-0.05, 0) is 37.5 Å². The van der Waals surface area contributed by atoms with E-state index in [9.17, 15) is 9.59 Å². The van der Waals surface area contributed by atoms with Crippen LogP contribution in [0.25, 0.3) is 0 Å². The van der Waals surface area contributed by atoms with Crippen molar-refractivity contribution < 1.29 is 0 Å². The molecule has 2 saturated carbocycles. The van der Waals surface area contributed by atoms with Gasteiger partial charge in [-0.1, -0.05) is 30.9 Å². The third kappa shape index (κ3) is 2.38. The van der Waals surface area contributed by atoms with Gasteiger partial charge in [0.25, 0.3) is 5.56 Å². The zero-order chi connectivity index (χ0) is 13.4. The Balaban J connectivity index is 2.01. The molecule has 0 bridgehead atoms. The number of aromatic amines is 1. The van der Waals surface area contributed by atoms with Gasteiger partial charge in [-0.15, -0.1) is 0 Å². The molecule has 0 radical (unpaired) electrons. The van der Waals surface area contributed by atoms with E-state index in [0.29, 0.717) is 18.0 Å². The predicted molar refractivity (Wildman–Crippen MR) is 74.9 cm³/mol. The molecule has 1 aromatic rings. The number of hydrogen-bond acceptors (Lipinski definition) is 2. The molecule has 0 atom stereocenters. The van der Waals surface area contributed by atoms with Crippen molar-refractivity contribution >= 4 is 11.6 Å². The fraction of sp³-hybridized carbons (Fsp3) is 0.714. The molecular formula is C14H19ClN2O2. The summed E-state index contributed by atoms with van der Waals surface area (Å²) in [6.45, 7) is 0.547. The van der Waals surface area contributed by atoms with E-state index >= 15 is 0 Å². The second kappa shape index (κ2) is 5.16. The molecule has 0 saturated heterocycles. The van der Waals surface area contributed by atoms with Gasteiger partial charge in [0, 0.05) is 6.54 Å². The van der Waals surface area contributed by atoms with Gasteiger partial charge in [-0.25, -0.2) is 4.79 Å². The topological polar surface area (TPSA) is 54.9 Å². The first kappa shape index (κ1) is 13.0. The molecule has 1 aromatic heterocycles. The average molecular weight is 283 g/mol. The Morgan fingerprint density at radius 3 is 2.37 bits per heavy atom. The van der Waals surface area contributed by atoms with E-state index in [1.165, 1.54) is 11.0 Å². The molecule has 0 amide bonds. The normalized spacial score (nSPS) is 20.7. The van der Waals surface area contributed by atoms with E-state index in [-0.39, 0.29) is 22.3 Å². The molecule has 4 nitrogen and oxygen atoms in total. The number of halogens is 1. The minimum atomic E-state index is -0.358. The van der Waals surface area contributed by atoms with Gasteiger partial charge in [-0.3, -0.25) is 14.3 Å². The van der Waals surface area contributed by atoms with Crippen LogP contribution in [0.5, 0.6) is 0 Å². The van der Waals surface area contributed by atoms with Crippen LogP contribution in [0, 0.1) is 5.92 Å². The van der Waals surface area contributed by atoms with Crippen LogP contribution in [-0.2, 0) is 6.54 Å². The summed E-state index contributed by atoms with van der Waals surface area (Å²) in [5.41, 5.74) is 0.120. The van der Waals surface area contributed by atoms with Crippen LogP contribution in [-0.4, -0.2) is 9.55 Å². The highest BCUT2D eigenvalue weighted by atomic mass is 35.5. The summed E-state index contributed by atoms with van der Waals surface area (Å²) in [5.74, 6) is 0.709. The molecule has 1 heterocycles. The highest BCUT2D eigenvalue weighted by molar-refractivity contribution is 6.30. The van der Waals surface area contributed by atoms with Crippen LogP contribution in [0.4, 0.5) is 0 Å². The van der Waals surface area contributed by atoms with Crippen molar-refractivity contribution in [3.05, 3.63) is 31.6 Å². The Morgan fingerprint density at radius 1 is 1.11 bits per heavy atom. The number of nitrogens with zero attached hydrogens (tertiary/aromatic N) is 1. The van der Waals surface area contributed by atoms with E-state index in [0.717, 1.165) is 38.5 Å². The Morgan fingerprint density at radius 2 is 1.79 bits per heavy atom. The predicted octanol–water partition coefficient (Wildman–Crippen LogP) is 2.65. The molecule has 0 aliphatic heterocycles. The molecule has 0 aromatic carbocycles. The molecule has 0 spiro atoms. The fourth-order valence-electron chi connectivity index (χ4n) is 3.23. The monoisotopic (exact) mass is 282 g/mol. The van der Waals surface area contributed by atoms with Gasteiger partial charge in [0.1, 0.15) is 5.15 Å². The van der Waals surface area contributed by atoms with Crippen molar-refractivity contribution in [2.45, 2.75) is 57.4 Å². The summed E-state index contributed by atoms with van der Waals surface area (Å²) in [4.78, 5) is 27.1. The van der Waals surface area contributed by atoms with Gasteiger partial charge < -0.3 is 0 Å². The molecule has 19 heavy (non-hydrogen) atoms. The average Bonchev–Trinajstić information content (AvgIpc) is 2.79. The van der Waals surface area contributed by atoms with Crippen LogP contribution < -0.4 is 11.2 Å². The van der Waals surface area contributed by atoms with Gasteiger partial charge in [0.2, 0.25) is 0 Å². The first-order valence-electron chi connectivity index (χ1n) is 7.19. The number of aromatic nitrogens is 2. The summed E-state index contributed by atoms with van der Waals surface area (Å²) in [7, 11) is 0. The summed E-state index contributed by atoms with van der Waals surface area (Å²) in [6.07, 6.45) is 7.74. The lowest BCUT2D eigenvalue weighted by molar-refractivity contribution is 0.269. The van der Waals surface area contributed by atoms with Gasteiger partial charge >= 0.3 is 5.69 Å². The van der Waals surface area contributed by atoms with Gasteiger partial charge in [0.15, 0.2) is 0 Å². The zero-order valence-corrected chi connectivity index (χ0v) is 11.7. The molecule has 0 unspecified atom stereocenters. The molecule has 2 fully saturated rings. The molecule has 104 valence electrons. The summed E-state index contributed by atoms with van der Waals surface area (Å²) in [6, 6.07) is 0. The second-order valence-electron chi connectivity index (χ2n) is 5.85. The van der Waals surface area contributed by atoms with E-state index < -0.39 is 0 Å². The van der Waals surface area contributed by atoms with Crippen LogP contribution in [0.15, 0.2) is 9.59 Å². The third-order valence-electron chi connectivity index (χ3n) is 4.60. The number of hydrogen-bond donors (Lipinski definition) is 1. The maximum absolute atomic E-state index is 12.5. The summed E-state index contributed by atoms with van der Waals surface area (Å²) in [5, 5.41) is 0.256. The Bertz CT molecular complexity index is 580. The Hall–Kier alpha value is -1.03. The molecule has 3 rings (SSSR count). The number of nitrogens with one attached hydrogen (secondary N) is 1. The van der Waals surface area contributed by atoms with Crippen LogP contribution in [0.1, 0.15) is 56.4 Å². The van der Waals surface area contributed by atoms with E-state index in [1.807, 2.05) is 0 Å². The van der Waals surface area contributed by atoms with Crippen molar-refractivity contribution in [1.82, 2.24) is 9.55 Å². The Kier molecular flexibility index (Phi) is 3.52. The van der Waals surface area contributed by atoms with Crippen molar-refractivity contribution in [3.63, 3.8) is 0 Å². The lowest BCUT2D eigenvalue weighted by atomic mass is 9.85. The standard InChI is InChI=1S/C14H19ClN2O2/c15-12-11(10-6-1-2-7-10)13(18)17(14(19)16-12)8-9-4-3-5-9/h9-10H,1-8H2,(H,16,19). The lowest BCUT2D eigenvalue weighted by Crippen LogP contribution is -2.40. The fourth-order valence-corrected chi connectivity index (χ4v) is 3.54. The minimum Gasteiger partial charge on any atom is -0.297 e. The number of rotatable bonds is 3. The van der Waals surface area contributed by atoms with Crippen molar-refractivity contribution in [3.8, 4) is 0 Å². The molecule has 2 aliphatic rings. The summed E-state index contributed by atoms with van der Waals surface area (Å²) >= 11 is 6.10. The first-order valence-corrected chi connectivity index (χ1v) is 7.57. The van der Waals surface area contributed by atoms with Crippen molar-refractivity contribution in [1.29, 1.82) is 0 Å². The van der Waals surface area contributed by atoms with Crippen molar-refractivity contribution in [2.24, 2.45) is 5.92 Å². The van der Waals surface area contributed by atoms with Gasteiger partial charge in [0.05, 0.1) is 5.56 Å². The maximum atomic E-state index is 12.5. The highest BCUT2D eigenvalue weighted by Gasteiger charge is 2.26. The Labute approximate surface area is 116 Å². The van der Waals surface area contributed by atoms with Crippen molar-refractivity contribution in [2.75, 3.05) is 0 Å². The molecule has 5 heteroatoms. The molecular weight excluding hydrogens is 264 g/mol. The van der Waals surface area contributed by atoms with Gasteiger partial charge in [-0.2, -0.15) is 0 Å². The van der Waals surface area contributed by atoms with Crippen LogP contribution in [0.2, 0.25) is 5.15 Å². The lowest BCUT2D eigenvalue weighted by Gasteiger charge is -2.26. The smallest absolute Gasteiger partial charge is 0.297 e. The van der Waals surface area contributed by atoms with E-state index in [1.54, 1.807) is 0 Å².